The summed E-state index contributed by atoms with van der Waals surface area (Å²) in [6, 6.07) is 5.77. The van der Waals surface area contributed by atoms with Gasteiger partial charge in [-0.1, -0.05) is 11.3 Å². The van der Waals surface area contributed by atoms with Crippen LogP contribution < -0.4 is 10.2 Å². The molecule has 4 aromatic rings. The van der Waals surface area contributed by atoms with E-state index in [2.05, 4.69) is 20.3 Å². The van der Waals surface area contributed by atoms with Gasteiger partial charge in [0.25, 0.3) is 0 Å². The molecule has 10 heteroatoms. The highest BCUT2D eigenvalue weighted by molar-refractivity contribution is 7.19. The van der Waals surface area contributed by atoms with Crippen LogP contribution in [0.5, 0.6) is 0 Å². The summed E-state index contributed by atoms with van der Waals surface area (Å²) in [6.45, 7) is 0.836. The standard InChI is InChI=1S/C23H25N5O3S2/c1-28(8-2-3-9-29)22(30)13-4-6-15-17(10-13)32-21-19(15)20(24-12-25-21)26-14-5-7-16-18(11-14)33-23(31)27-16/h5,7,11-13,29H,2-4,6,8-10H2,1H3,(H,27,31)(H,24,25,26)/t13-/m1/s1. The Labute approximate surface area is 198 Å². The molecule has 172 valence electrons. The van der Waals surface area contributed by atoms with Crippen LogP contribution in [-0.4, -0.2) is 51.1 Å². The largest absolute Gasteiger partial charge is 0.396 e. The van der Waals surface area contributed by atoms with E-state index in [1.807, 2.05) is 25.2 Å². The average Bonchev–Trinajstić information content (AvgIpc) is 3.37. The topological polar surface area (TPSA) is 111 Å². The van der Waals surface area contributed by atoms with E-state index in [4.69, 9.17) is 5.11 Å². The first-order valence-electron chi connectivity index (χ1n) is 11.0. The third-order valence-electron chi connectivity index (χ3n) is 6.16. The summed E-state index contributed by atoms with van der Waals surface area (Å²) in [5.74, 6) is 0.915. The third kappa shape index (κ3) is 4.38. The summed E-state index contributed by atoms with van der Waals surface area (Å²) in [7, 11) is 1.85. The van der Waals surface area contributed by atoms with Gasteiger partial charge in [0.1, 0.15) is 17.0 Å². The van der Waals surface area contributed by atoms with E-state index in [1.165, 1.54) is 21.8 Å². The lowest BCUT2D eigenvalue weighted by Crippen LogP contribution is -2.36. The number of carbonyl (C=O) groups excluding carboxylic acids is 1. The van der Waals surface area contributed by atoms with Crippen LogP contribution in [0.25, 0.3) is 20.4 Å². The molecule has 1 aromatic carbocycles. The maximum absolute atomic E-state index is 12.9. The zero-order valence-corrected chi connectivity index (χ0v) is 19.9. The number of aromatic amines is 1. The number of thiophene rings is 1. The molecule has 0 radical (unpaired) electrons. The molecule has 0 aliphatic heterocycles. The number of nitrogens with one attached hydrogen (secondary N) is 2. The Morgan fingerprint density at radius 1 is 1.30 bits per heavy atom. The number of nitrogens with zero attached hydrogens (tertiary/aromatic N) is 3. The van der Waals surface area contributed by atoms with Crippen molar-refractivity contribution in [2.24, 2.45) is 5.92 Å². The molecule has 0 spiro atoms. The van der Waals surface area contributed by atoms with Gasteiger partial charge in [0.05, 0.1) is 15.6 Å². The normalized spacial score (nSPS) is 15.6. The smallest absolute Gasteiger partial charge is 0.305 e. The van der Waals surface area contributed by atoms with Crippen molar-refractivity contribution in [1.82, 2.24) is 19.9 Å². The van der Waals surface area contributed by atoms with Gasteiger partial charge >= 0.3 is 4.87 Å². The van der Waals surface area contributed by atoms with Crippen molar-refractivity contribution in [3.05, 3.63) is 44.6 Å². The average molecular weight is 484 g/mol. The predicted molar refractivity (Wildman–Crippen MR) is 133 cm³/mol. The summed E-state index contributed by atoms with van der Waals surface area (Å²) >= 11 is 2.83. The van der Waals surface area contributed by atoms with Gasteiger partial charge in [-0.3, -0.25) is 9.59 Å². The van der Waals surface area contributed by atoms with E-state index in [1.54, 1.807) is 22.6 Å². The molecule has 1 aliphatic carbocycles. The second kappa shape index (κ2) is 9.20. The number of carbonyl (C=O) groups is 1. The molecule has 3 aromatic heterocycles. The lowest BCUT2D eigenvalue weighted by molar-refractivity contribution is -0.134. The minimum absolute atomic E-state index is 0.0205. The lowest BCUT2D eigenvalue weighted by Gasteiger charge is -2.26. The van der Waals surface area contributed by atoms with E-state index < -0.39 is 0 Å². The van der Waals surface area contributed by atoms with Crippen molar-refractivity contribution in [1.29, 1.82) is 0 Å². The van der Waals surface area contributed by atoms with Crippen LogP contribution in [0.1, 0.15) is 29.7 Å². The van der Waals surface area contributed by atoms with Gasteiger partial charge in [0, 0.05) is 36.7 Å². The van der Waals surface area contributed by atoms with E-state index in [0.717, 1.165) is 57.6 Å². The molecule has 0 unspecified atom stereocenters. The van der Waals surface area contributed by atoms with Crippen LogP contribution in [-0.2, 0) is 17.6 Å². The number of aromatic nitrogens is 3. The van der Waals surface area contributed by atoms with Gasteiger partial charge in [-0.05, 0) is 55.9 Å². The van der Waals surface area contributed by atoms with Crippen molar-refractivity contribution in [2.75, 3.05) is 25.5 Å². The number of anilines is 2. The number of unbranched alkanes of at least 4 members (excludes halogenated alkanes) is 1. The molecule has 3 heterocycles. The number of rotatable bonds is 7. The highest BCUT2D eigenvalue weighted by atomic mass is 32.1. The summed E-state index contributed by atoms with van der Waals surface area (Å²) in [5, 5.41) is 13.4. The Morgan fingerprint density at radius 3 is 3.03 bits per heavy atom. The molecule has 0 bridgehead atoms. The van der Waals surface area contributed by atoms with Crippen LogP contribution in [0.2, 0.25) is 0 Å². The summed E-state index contributed by atoms with van der Waals surface area (Å²) < 4.78 is 0.895. The SMILES string of the molecule is CN(CCCCO)C(=O)[C@@H]1CCc2c(sc3ncnc(Nc4ccc5[nH]c(=O)sc5c4)c23)C1. The molecule has 1 atom stereocenters. The van der Waals surface area contributed by atoms with E-state index in [0.29, 0.717) is 13.0 Å². The number of aryl methyl sites for hydroxylation is 1. The minimum Gasteiger partial charge on any atom is -0.396 e. The van der Waals surface area contributed by atoms with Crippen LogP contribution in [0, 0.1) is 5.92 Å². The van der Waals surface area contributed by atoms with Crippen molar-refractivity contribution < 1.29 is 9.90 Å². The first-order chi connectivity index (χ1) is 16.0. The molecule has 8 nitrogen and oxygen atoms in total. The van der Waals surface area contributed by atoms with Crippen LogP contribution >= 0.6 is 22.7 Å². The number of aliphatic hydroxyl groups excluding tert-OH is 1. The molecule has 1 aliphatic rings. The fourth-order valence-electron chi connectivity index (χ4n) is 4.46. The first kappa shape index (κ1) is 22.0. The second-order valence-electron chi connectivity index (χ2n) is 8.39. The van der Waals surface area contributed by atoms with E-state index in [9.17, 15) is 9.59 Å². The maximum Gasteiger partial charge on any atom is 0.305 e. The third-order valence-corrected chi connectivity index (χ3v) is 8.16. The number of thiazole rings is 1. The lowest BCUT2D eigenvalue weighted by atomic mass is 9.87. The molecular weight excluding hydrogens is 458 g/mol. The van der Waals surface area contributed by atoms with Crippen LogP contribution in [0.3, 0.4) is 0 Å². The monoisotopic (exact) mass is 483 g/mol. The molecule has 33 heavy (non-hydrogen) atoms. The molecule has 0 saturated carbocycles. The maximum atomic E-state index is 12.9. The van der Waals surface area contributed by atoms with Gasteiger partial charge in [-0.15, -0.1) is 11.3 Å². The molecule has 0 fully saturated rings. The highest BCUT2D eigenvalue weighted by Gasteiger charge is 2.30. The number of H-pyrrole nitrogens is 1. The number of benzene rings is 1. The zero-order valence-electron chi connectivity index (χ0n) is 18.3. The van der Waals surface area contributed by atoms with Crippen molar-refractivity contribution in [3.63, 3.8) is 0 Å². The predicted octanol–water partition coefficient (Wildman–Crippen LogP) is 3.67. The zero-order chi connectivity index (χ0) is 22.9. The Kier molecular flexibility index (Phi) is 6.13. The first-order valence-corrected chi connectivity index (χ1v) is 12.7. The van der Waals surface area contributed by atoms with E-state index in [-0.39, 0.29) is 23.3 Å². The number of aliphatic hydroxyl groups is 1. The van der Waals surface area contributed by atoms with Crippen molar-refractivity contribution in [2.45, 2.75) is 32.1 Å². The van der Waals surface area contributed by atoms with Gasteiger partial charge in [0.15, 0.2) is 0 Å². The summed E-state index contributed by atoms with van der Waals surface area (Å²) in [6.07, 6.45) is 5.44. The van der Waals surface area contributed by atoms with Crippen LogP contribution in [0.15, 0.2) is 29.3 Å². The van der Waals surface area contributed by atoms with Gasteiger partial charge < -0.3 is 20.3 Å². The van der Waals surface area contributed by atoms with Gasteiger partial charge in [-0.2, -0.15) is 0 Å². The van der Waals surface area contributed by atoms with Gasteiger partial charge in [-0.25, -0.2) is 9.97 Å². The van der Waals surface area contributed by atoms with Crippen molar-refractivity contribution >= 4 is 60.5 Å². The Hall–Kier alpha value is -2.82. The number of fused-ring (bicyclic) bond motifs is 4. The molecule has 5 rings (SSSR count). The highest BCUT2D eigenvalue weighted by Crippen LogP contribution is 2.40. The molecule has 3 N–H and O–H groups in total. The van der Waals surface area contributed by atoms with E-state index >= 15 is 0 Å². The van der Waals surface area contributed by atoms with Crippen molar-refractivity contribution in [3.8, 4) is 0 Å². The number of hydrogen-bond donors (Lipinski definition) is 3. The quantitative estimate of drug-likeness (QED) is 0.346. The molecule has 0 saturated heterocycles. The minimum atomic E-state index is -0.0679. The Morgan fingerprint density at radius 2 is 2.18 bits per heavy atom. The van der Waals surface area contributed by atoms with Gasteiger partial charge in [0.2, 0.25) is 5.91 Å². The fourth-order valence-corrected chi connectivity index (χ4v) is 6.50. The van der Waals surface area contributed by atoms with Crippen LogP contribution in [0.4, 0.5) is 11.5 Å². The fraction of sp³-hybridized carbons (Fsp3) is 0.391. The molecular formula is C23H25N5O3S2. The second-order valence-corrected chi connectivity index (χ2v) is 10.5. The Balaban J connectivity index is 1.39. The number of amides is 1. The molecule has 1 amide bonds. The Bertz CT molecular complexity index is 1380. The summed E-state index contributed by atoms with van der Waals surface area (Å²) in [4.78, 5) is 40.3. The summed E-state index contributed by atoms with van der Waals surface area (Å²) in [5.41, 5.74) is 2.93. The number of hydrogen-bond acceptors (Lipinski definition) is 8.